The van der Waals surface area contributed by atoms with Crippen LogP contribution in [0.4, 0.5) is 5.69 Å². The summed E-state index contributed by atoms with van der Waals surface area (Å²) >= 11 is 7.50. The number of thioether (sulfide) groups is 1. The van der Waals surface area contributed by atoms with Crippen LogP contribution < -0.4 is 4.74 Å². The molecule has 4 aromatic rings. The van der Waals surface area contributed by atoms with Crippen molar-refractivity contribution in [3.63, 3.8) is 0 Å². The first-order chi connectivity index (χ1) is 14.6. The molecule has 0 aliphatic rings. The van der Waals surface area contributed by atoms with E-state index in [0.717, 1.165) is 38.8 Å². The van der Waals surface area contributed by atoms with Crippen molar-refractivity contribution in [1.29, 1.82) is 0 Å². The van der Waals surface area contributed by atoms with Crippen LogP contribution in [0.3, 0.4) is 0 Å². The van der Waals surface area contributed by atoms with Gasteiger partial charge < -0.3 is 9.72 Å². The minimum Gasteiger partial charge on any atom is -0.455 e. The number of hydrogen-bond acceptors (Lipinski definition) is 5. The number of imidazole rings is 1. The molecule has 30 heavy (non-hydrogen) atoms. The van der Waals surface area contributed by atoms with Gasteiger partial charge in [-0.1, -0.05) is 30.3 Å². The Kier molecular flexibility index (Phi) is 6.30. The SMILES string of the molecule is CCc1ncccc1Oc1ccc([N+](=O)CCSc2nc3ccc(Cl)cc3[nH]2)cc1. The number of ether oxygens (including phenoxy) is 1. The quantitative estimate of drug-likeness (QED) is 0.262. The fraction of sp³-hybridized carbons (Fsp3) is 0.182. The van der Waals surface area contributed by atoms with Gasteiger partial charge in [-0.3, -0.25) is 4.98 Å². The fourth-order valence-corrected chi connectivity index (χ4v) is 3.94. The first kappa shape index (κ1) is 20.4. The van der Waals surface area contributed by atoms with Gasteiger partial charge in [0.25, 0.3) is 5.69 Å². The molecule has 152 valence electrons. The standard InChI is InChI=1S/C22H20ClN4O2S/c1-2-18-21(4-3-11-24-18)29-17-8-6-16(7-9-17)27(28)12-13-30-22-25-19-10-5-15(23)14-20(19)26-22/h3-11,14H,2,12-13H2,1H3,(H,25,26)/q+1. The summed E-state index contributed by atoms with van der Waals surface area (Å²) in [5.74, 6) is 2.01. The Morgan fingerprint density at radius 3 is 2.80 bits per heavy atom. The molecule has 0 radical (unpaired) electrons. The van der Waals surface area contributed by atoms with E-state index in [1.165, 1.54) is 11.8 Å². The van der Waals surface area contributed by atoms with Gasteiger partial charge in [0.1, 0.15) is 11.5 Å². The Bertz CT molecular complexity index is 1180. The zero-order valence-electron chi connectivity index (χ0n) is 16.3. The van der Waals surface area contributed by atoms with Gasteiger partial charge >= 0.3 is 0 Å². The van der Waals surface area contributed by atoms with E-state index in [-0.39, 0.29) is 0 Å². The van der Waals surface area contributed by atoms with Crippen molar-refractivity contribution in [1.82, 2.24) is 15.0 Å². The van der Waals surface area contributed by atoms with Crippen molar-refractivity contribution >= 4 is 40.1 Å². The highest BCUT2D eigenvalue weighted by atomic mass is 35.5. The van der Waals surface area contributed by atoms with Crippen LogP contribution in [0.25, 0.3) is 11.0 Å². The van der Waals surface area contributed by atoms with Crippen molar-refractivity contribution in [2.24, 2.45) is 0 Å². The highest BCUT2D eigenvalue weighted by Gasteiger charge is 2.15. The predicted octanol–water partition coefficient (Wildman–Crippen LogP) is 6.17. The minimum absolute atomic E-state index is 0.339. The van der Waals surface area contributed by atoms with Crippen LogP contribution in [0.5, 0.6) is 11.5 Å². The molecule has 2 aromatic carbocycles. The maximum absolute atomic E-state index is 12.4. The average molecular weight is 440 g/mol. The van der Waals surface area contributed by atoms with Crippen LogP contribution in [-0.2, 0) is 6.42 Å². The van der Waals surface area contributed by atoms with Crippen molar-refractivity contribution in [2.75, 3.05) is 12.3 Å². The summed E-state index contributed by atoms with van der Waals surface area (Å²) in [6.45, 7) is 2.37. The lowest BCUT2D eigenvalue weighted by molar-refractivity contribution is -0.457. The Morgan fingerprint density at radius 1 is 1.17 bits per heavy atom. The molecule has 0 amide bonds. The molecule has 0 saturated heterocycles. The number of rotatable bonds is 8. The molecule has 0 atom stereocenters. The Balaban J connectivity index is 1.33. The molecule has 6 nitrogen and oxygen atoms in total. The van der Waals surface area contributed by atoms with Crippen LogP contribution >= 0.6 is 23.4 Å². The average Bonchev–Trinajstić information content (AvgIpc) is 3.16. The third kappa shape index (κ3) is 4.80. The number of aromatic amines is 1. The van der Waals surface area contributed by atoms with Crippen LogP contribution in [0.15, 0.2) is 66.0 Å². The zero-order chi connectivity index (χ0) is 20.9. The number of hydrogen-bond donors (Lipinski definition) is 1. The summed E-state index contributed by atoms with van der Waals surface area (Å²) in [6, 6.07) is 16.4. The van der Waals surface area contributed by atoms with E-state index in [1.54, 1.807) is 30.5 Å². The van der Waals surface area contributed by atoms with Gasteiger partial charge in [-0.05, 0) is 48.9 Å². The third-order valence-electron chi connectivity index (χ3n) is 4.49. The molecule has 2 aromatic heterocycles. The van der Waals surface area contributed by atoms with Gasteiger partial charge in [-0.15, -0.1) is 0 Å². The van der Waals surface area contributed by atoms with E-state index in [9.17, 15) is 4.91 Å². The smallest absolute Gasteiger partial charge is 0.256 e. The molecule has 0 fully saturated rings. The van der Waals surface area contributed by atoms with Gasteiger partial charge in [0.2, 0.25) is 6.54 Å². The van der Waals surface area contributed by atoms with Crippen LogP contribution in [0, 0.1) is 4.91 Å². The molecule has 2 heterocycles. The predicted molar refractivity (Wildman–Crippen MR) is 120 cm³/mol. The fourth-order valence-electron chi connectivity index (χ4n) is 2.97. The monoisotopic (exact) mass is 439 g/mol. The van der Waals surface area contributed by atoms with E-state index < -0.39 is 0 Å². The third-order valence-corrected chi connectivity index (χ3v) is 5.58. The Hall–Kier alpha value is -2.90. The molecular formula is C22H20ClN4O2S+. The highest BCUT2D eigenvalue weighted by molar-refractivity contribution is 7.99. The molecule has 0 unspecified atom stereocenters. The second kappa shape index (κ2) is 9.28. The summed E-state index contributed by atoms with van der Waals surface area (Å²) in [6.07, 6.45) is 2.54. The zero-order valence-corrected chi connectivity index (χ0v) is 17.9. The number of pyridine rings is 1. The van der Waals surface area contributed by atoms with Gasteiger partial charge in [-0.25, -0.2) is 4.98 Å². The highest BCUT2D eigenvalue weighted by Crippen LogP contribution is 2.27. The molecule has 0 aliphatic carbocycles. The molecule has 0 aliphatic heterocycles. The van der Waals surface area contributed by atoms with Crippen molar-refractivity contribution in [2.45, 2.75) is 18.5 Å². The second-order valence-electron chi connectivity index (χ2n) is 6.55. The molecule has 1 N–H and O–H groups in total. The van der Waals surface area contributed by atoms with E-state index in [4.69, 9.17) is 16.3 Å². The maximum atomic E-state index is 12.4. The van der Waals surface area contributed by atoms with Gasteiger partial charge in [0.15, 0.2) is 5.16 Å². The summed E-state index contributed by atoms with van der Waals surface area (Å²) in [4.78, 5) is 24.5. The number of nitrogens with one attached hydrogen (secondary N) is 1. The summed E-state index contributed by atoms with van der Waals surface area (Å²) < 4.78 is 6.87. The van der Waals surface area contributed by atoms with Gasteiger partial charge in [0.05, 0.1) is 22.5 Å². The van der Waals surface area contributed by atoms with E-state index in [2.05, 4.69) is 15.0 Å². The normalized spacial score (nSPS) is 11.0. The van der Waals surface area contributed by atoms with Crippen molar-refractivity contribution < 1.29 is 9.50 Å². The van der Waals surface area contributed by atoms with Crippen molar-refractivity contribution in [3.8, 4) is 11.5 Å². The number of aromatic nitrogens is 3. The molecule has 0 spiro atoms. The van der Waals surface area contributed by atoms with E-state index in [1.807, 2.05) is 37.3 Å². The van der Waals surface area contributed by atoms with E-state index >= 15 is 0 Å². The van der Waals surface area contributed by atoms with Gasteiger partial charge in [-0.2, -0.15) is 0 Å². The van der Waals surface area contributed by atoms with Crippen molar-refractivity contribution in [3.05, 3.63) is 76.4 Å². The summed E-state index contributed by atoms with van der Waals surface area (Å²) in [5.41, 5.74) is 3.23. The molecule has 4 rings (SSSR count). The largest absolute Gasteiger partial charge is 0.455 e. The lowest BCUT2D eigenvalue weighted by Gasteiger charge is -2.08. The number of halogens is 1. The van der Waals surface area contributed by atoms with Crippen LogP contribution in [0.2, 0.25) is 5.02 Å². The second-order valence-corrected chi connectivity index (χ2v) is 8.07. The first-order valence-corrected chi connectivity index (χ1v) is 10.9. The molecule has 0 saturated carbocycles. The van der Waals surface area contributed by atoms with E-state index in [0.29, 0.717) is 28.8 Å². The topological polar surface area (TPSA) is 70.9 Å². The minimum atomic E-state index is 0.339. The van der Waals surface area contributed by atoms with Gasteiger partial charge in [0, 0.05) is 33.0 Å². The molecule has 0 bridgehead atoms. The number of fused-ring (bicyclic) bond motifs is 1. The number of nitrogens with zero attached hydrogens (tertiary/aromatic N) is 3. The molecule has 8 heteroatoms. The number of benzene rings is 2. The maximum Gasteiger partial charge on any atom is 0.256 e. The Labute approximate surface area is 183 Å². The molecular weight excluding hydrogens is 420 g/mol. The first-order valence-electron chi connectivity index (χ1n) is 9.57. The number of nitroso groups, excluding NO2 is 1. The summed E-state index contributed by atoms with van der Waals surface area (Å²) in [7, 11) is 0. The number of aryl methyl sites for hydroxylation is 1. The van der Waals surface area contributed by atoms with Crippen LogP contribution in [0.1, 0.15) is 12.6 Å². The van der Waals surface area contributed by atoms with Crippen LogP contribution in [-0.4, -0.2) is 32.0 Å². The summed E-state index contributed by atoms with van der Waals surface area (Å²) in [5, 5.41) is 1.43. The number of H-pyrrole nitrogens is 1. The lowest BCUT2D eigenvalue weighted by Crippen LogP contribution is -2.05. The Morgan fingerprint density at radius 2 is 2.00 bits per heavy atom. The lowest BCUT2D eigenvalue weighted by atomic mass is 10.2.